The number of nitriles is 1. The summed E-state index contributed by atoms with van der Waals surface area (Å²) in [6.45, 7) is 1.37. The Labute approximate surface area is 142 Å². The molecule has 2 aromatic rings. The minimum atomic E-state index is -0.917. The van der Waals surface area contributed by atoms with Crippen LogP contribution in [-0.4, -0.2) is 31.2 Å². The Morgan fingerprint density at radius 2 is 2.17 bits per heavy atom. The summed E-state index contributed by atoms with van der Waals surface area (Å²) >= 11 is 6.04. The van der Waals surface area contributed by atoms with Crippen LogP contribution in [0.25, 0.3) is 5.69 Å². The van der Waals surface area contributed by atoms with Gasteiger partial charge < -0.3 is 5.32 Å². The van der Waals surface area contributed by atoms with E-state index in [-0.39, 0.29) is 12.5 Å². The number of rotatable bonds is 5. The molecule has 1 heterocycles. The van der Waals surface area contributed by atoms with Gasteiger partial charge in [-0.1, -0.05) is 23.7 Å². The van der Waals surface area contributed by atoms with Crippen LogP contribution in [0.4, 0.5) is 0 Å². The lowest BCUT2D eigenvalue weighted by Crippen LogP contribution is -2.48. The van der Waals surface area contributed by atoms with Crippen molar-refractivity contribution in [3.8, 4) is 11.8 Å². The van der Waals surface area contributed by atoms with E-state index in [1.807, 2.05) is 0 Å². The Bertz CT molecular complexity index is 879. The number of aromatic nitrogens is 4. The average Bonchev–Trinajstić information content (AvgIpc) is 3.35. The maximum absolute atomic E-state index is 12.3. The summed E-state index contributed by atoms with van der Waals surface area (Å²) in [5, 5.41) is 19.8. The Hall–Kier alpha value is -2.66. The molecule has 3 rings (SSSR count). The number of hydrogen-bond acceptors (Lipinski definition) is 5. The zero-order valence-corrected chi connectivity index (χ0v) is 13.7. The Balaban J connectivity index is 1.78. The first kappa shape index (κ1) is 16.2. The minimum Gasteiger partial charge on any atom is -0.336 e. The molecule has 24 heavy (non-hydrogen) atoms. The molecule has 0 unspecified atom stereocenters. The average molecular weight is 347 g/mol. The van der Waals surface area contributed by atoms with Crippen LogP contribution in [0.2, 0.25) is 5.02 Å². The van der Waals surface area contributed by atoms with Crippen molar-refractivity contribution in [3.05, 3.63) is 39.8 Å². The van der Waals surface area contributed by atoms with Gasteiger partial charge in [0.15, 0.2) is 0 Å². The fourth-order valence-corrected chi connectivity index (χ4v) is 2.71. The summed E-state index contributed by atoms with van der Waals surface area (Å²) in [6.07, 6.45) is 1.82. The molecule has 1 amide bonds. The maximum Gasteiger partial charge on any atom is 0.369 e. The molecule has 1 fully saturated rings. The fourth-order valence-electron chi connectivity index (χ4n) is 2.50. The van der Waals surface area contributed by atoms with Gasteiger partial charge in [0.1, 0.15) is 12.1 Å². The molecule has 0 spiro atoms. The molecule has 0 bridgehead atoms. The fraction of sp³-hybridized carbons (Fsp3) is 0.400. The van der Waals surface area contributed by atoms with Crippen LogP contribution in [0.15, 0.2) is 29.1 Å². The van der Waals surface area contributed by atoms with E-state index in [0.717, 1.165) is 22.2 Å². The Morgan fingerprint density at radius 3 is 2.79 bits per heavy atom. The van der Waals surface area contributed by atoms with Gasteiger partial charge in [-0.15, -0.1) is 0 Å². The lowest BCUT2D eigenvalue weighted by molar-refractivity contribution is -0.123. The second kappa shape index (κ2) is 6.09. The molecule has 0 aliphatic heterocycles. The molecular formula is C15H15ClN6O2. The van der Waals surface area contributed by atoms with Crippen LogP contribution in [0.1, 0.15) is 19.8 Å². The van der Waals surface area contributed by atoms with Crippen LogP contribution in [0.3, 0.4) is 0 Å². The lowest BCUT2D eigenvalue weighted by Gasteiger charge is -2.22. The minimum absolute atomic E-state index is 0.155. The number of carbonyl (C=O) groups excluding carboxylic acids is 1. The highest BCUT2D eigenvalue weighted by atomic mass is 35.5. The van der Waals surface area contributed by atoms with Crippen LogP contribution < -0.4 is 11.0 Å². The molecular weight excluding hydrogens is 332 g/mol. The number of amides is 1. The quantitative estimate of drug-likeness (QED) is 0.865. The molecule has 1 saturated carbocycles. The third kappa shape index (κ3) is 3.03. The number of tetrazole rings is 1. The van der Waals surface area contributed by atoms with Crippen molar-refractivity contribution in [1.82, 2.24) is 25.1 Å². The predicted octanol–water partition coefficient (Wildman–Crippen LogP) is 0.891. The van der Waals surface area contributed by atoms with E-state index in [0.29, 0.717) is 10.7 Å². The van der Waals surface area contributed by atoms with Gasteiger partial charge in [0.25, 0.3) is 0 Å². The van der Waals surface area contributed by atoms with Gasteiger partial charge >= 0.3 is 5.69 Å². The normalized spacial score (nSPS) is 16.2. The van der Waals surface area contributed by atoms with Crippen LogP contribution in [-0.2, 0) is 11.3 Å². The zero-order chi connectivity index (χ0) is 17.3. The third-order valence-electron chi connectivity index (χ3n) is 4.04. The van der Waals surface area contributed by atoms with E-state index in [1.165, 1.54) is 0 Å². The zero-order valence-electron chi connectivity index (χ0n) is 12.9. The summed E-state index contributed by atoms with van der Waals surface area (Å²) in [4.78, 5) is 24.5. The van der Waals surface area contributed by atoms with E-state index in [2.05, 4.69) is 21.8 Å². The Morgan fingerprint density at radius 1 is 1.46 bits per heavy atom. The van der Waals surface area contributed by atoms with Gasteiger partial charge in [0.2, 0.25) is 5.91 Å². The highest BCUT2D eigenvalue weighted by Gasteiger charge is 2.43. The molecule has 1 N–H and O–H groups in total. The van der Waals surface area contributed by atoms with Crippen molar-refractivity contribution >= 4 is 17.5 Å². The summed E-state index contributed by atoms with van der Waals surface area (Å²) in [7, 11) is 0. The first-order chi connectivity index (χ1) is 11.4. The molecule has 1 aliphatic rings. The van der Waals surface area contributed by atoms with Gasteiger partial charge in [-0.3, -0.25) is 4.79 Å². The van der Waals surface area contributed by atoms with Gasteiger partial charge in [0.05, 0.1) is 16.8 Å². The number of para-hydroxylation sites is 1. The summed E-state index contributed by atoms with van der Waals surface area (Å²) in [5.41, 5.74) is -1.11. The highest BCUT2D eigenvalue weighted by molar-refractivity contribution is 6.32. The second-order valence-corrected chi connectivity index (χ2v) is 6.33. The first-order valence-electron chi connectivity index (χ1n) is 7.44. The molecule has 0 saturated heterocycles. The van der Waals surface area contributed by atoms with Crippen molar-refractivity contribution in [3.63, 3.8) is 0 Å². The van der Waals surface area contributed by atoms with Crippen LogP contribution in [0.5, 0.6) is 0 Å². The second-order valence-electron chi connectivity index (χ2n) is 5.92. The summed E-state index contributed by atoms with van der Waals surface area (Å²) < 4.78 is 1.96. The number of halogens is 1. The molecule has 9 heteroatoms. The number of carbonyl (C=O) groups is 1. The highest BCUT2D eigenvalue weighted by Crippen LogP contribution is 2.39. The molecule has 1 atom stereocenters. The van der Waals surface area contributed by atoms with Gasteiger partial charge in [0, 0.05) is 0 Å². The number of nitrogens with zero attached hydrogens (tertiary/aromatic N) is 5. The molecule has 124 valence electrons. The van der Waals surface area contributed by atoms with Crippen molar-refractivity contribution in [2.24, 2.45) is 5.92 Å². The molecule has 0 radical (unpaired) electrons. The van der Waals surface area contributed by atoms with E-state index >= 15 is 0 Å². The standard InChI is InChI=1S/C15H15ClN6O2/c1-15(9-17,10-6-7-10)18-13(23)8-21-14(24)22(20-19-21)12-5-3-2-4-11(12)16/h2-5,10H,6-8H2,1H3,(H,18,23)/t15-/m0/s1. The molecule has 1 aromatic heterocycles. The van der Waals surface area contributed by atoms with Crippen molar-refractivity contribution in [2.75, 3.05) is 0 Å². The first-order valence-corrected chi connectivity index (χ1v) is 7.82. The summed E-state index contributed by atoms with van der Waals surface area (Å²) in [6, 6.07) is 8.83. The van der Waals surface area contributed by atoms with Crippen molar-refractivity contribution in [1.29, 1.82) is 5.26 Å². The van der Waals surface area contributed by atoms with E-state index in [1.54, 1.807) is 31.2 Å². The lowest BCUT2D eigenvalue weighted by atomic mass is 9.98. The van der Waals surface area contributed by atoms with E-state index in [4.69, 9.17) is 11.6 Å². The smallest absolute Gasteiger partial charge is 0.336 e. The SMILES string of the molecule is C[C@@](C#N)(NC(=O)Cn1nnn(-c2ccccc2Cl)c1=O)C1CC1. The maximum atomic E-state index is 12.3. The monoisotopic (exact) mass is 346 g/mol. The van der Waals surface area contributed by atoms with E-state index in [9.17, 15) is 14.9 Å². The van der Waals surface area contributed by atoms with Crippen LogP contribution in [0, 0.1) is 17.2 Å². The van der Waals surface area contributed by atoms with Crippen molar-refractivity contribution < 1.29 is 4.79 Å². The molecule has 1 aromatic carbocycles. The predicted molar refractivity (Wildman–Crippen MR) is 85.5 cm³/mol. The van der Waals surface area contributed by atoms with E-state index < -0.39 is 17.1 Å². The van der Waals surface area contributed by atoms with Gasteiger partial charge in [-0.25, -0.2) is 4.79 Å². The van der Waals surface area contributed by atoms with Gasteiger partial charge in [-0.05, 0) is 48.2 Å². The Kier molecular flexibility index (Phi) is 4.11. The number of hydrogen-bond donors (Lipinski definition) is 1. The van der Waals surface area contributed by atoms with Crippen LogP contribution >= 0.6 is 11.6 Å². The number of benzene rings is 1. The van der Waals surface area contributed by atoms with Gasteiger partial charge in [-0.2, -0.15) is 14.6 Å². The summed E-state index contributed by atoms with van der Waals surface area (Å²) in [5.74, 6) is -0.304. The molecule has 1 aliphatic carbocycles. The third-order valence-corrected chi connectivity index (χ3v) is 4.36. The van der Waals surface area contributed by atoms with Crippen molar-refractivity contribution in [2.45, 2.75) is 31.8 Å². The topological polar surface area (TPSA) is 106 Å². The molecule has 8 nitrogen and oxygen atoms in total. The number of nitrogens with one attached hydrogen (secondary N) is 1. The largest absolute Gasteiger partial charge is 0.369 e.